The van der Waals surface area contributed by atoms with Crippen molar-refractivity contribution in [2.45, 2.75) is 6.61 Å². The second kappa shape index (κ2) is 4.38. The number of rotatable bonds is 2. The highest BCUT2D eigenvalue weighted by Crippen LogP contribution is 2.28. The highest BCUT2D eigenvalue weighted by Gasteiger charge is 2.09. The summed E-state index contributed by atoms with van der Waals surface area (Å²) in [6, 6.07) is 4.83. The number of benzene rings is 1. The van der Waals surface area contributed by atoms with Gasteiger partial charge in [0.05, 0.1) is 12.3 Å². The van der Waals surface area contributed by atoms with Gasteiger partial charge in [-0.1, -0.05) is 15.9 Å². The summed E-state index contributed by atoms with van der Waals surface area (Å²) in [7, 11) is 0. The van der Waals surface area contributed by atoms with Crippen molar-refractivity contribution in [2.75, 3.05) is 0 Å². The second-order valence-electron chi connectivity index (χ2n) is 2.93. The first kappa shape index (κ1) is 10.7. The van der Waals surface area contributed by atoms with Gasteiger partial charge in [-0.25, -0.2) is 9.37 Å². The van der Waals surface area contributed by atoms with Gasteiger partial charge in [0, 0.05) is 15.4 Å². The second-order valence-corrected chi connectivity index (χ2v) is 4.70. The normalized spacial score (nSPS) is 10.6. The molecule has 0 fully saturated rings. The van der Waals surface area contributed by atoms with Crippen LogP contribution in [0.15, 0.2) is 28.1 Å². The standard InChI is InChI=1S/C10H7BrFNOS/c11-6-1-2-8(9(12)3-6)10-13-7(4-14)5-15-10/h1-3,5,14H,4H2. The Kier molecular flexibility index (Phi) is 3.14. The summed E-state index contributed by atoms with van der Waals surface area (Å²) in [5, 5.41) is 11.2. The lowest BCUT2D eigenvalue weighted by atomic mass is 10.2. The van der Waals surface area contributed by atoms with Crippen molar-refractivity contribution in [1.29, 1.82) is 0 Å². The Morgan fingerprint density at radius 1 is 1.47 bits per heavy atom. The van der Waals surface area contributed by atoms with Crippen LogP contribution in [0, 0.1) is 5.82 Å². The zero-order valence-electron chi connectivity index (χ0n) is 7.58. The van der Waals surface area contributed by atoms with Crippen molar-refractivity contribution in [3.8, 4) is 10.6 Å². The van der Waals surface area contributed by atoms with E-state index in [1.807, 2.05) is 0 Å². The van der Waals surface area contributed by atoms with Crippen molar-refractivity contribution >= 4 is 27.3 Å². The molecule has 1 aromatic heterocycles. The van der Waals surface area contributed by atoms with Crippen molar-refractivity contribution in [3.05, 3.63) is 39.6 Å². The fourth-order valence-electron chi connectivity index (χ4n) is 1.17. The molecule has 0 radical (unpaired) electrons. The van der Waals surface area contributed by atoms with Crippen LogP contribution in [0.4, 0.5) is 4.39 Å². The molecule has 0 amide bonds. The Hall–Kier alpha value is -0.780. The summed E-state index contributed by atoms with van der Waals surface area (Å²) >= 11 is 4.51. The van der Waals surface area contributed by atoms with E-state index < -0.39 is 0 Å². The molecule has 0 aliphatic heterocycles. The summed E-state index contributed by atoms with van der Waals surface area (Å²) in [6.45, 7) is -0.116. The van der Waals surface area contributed by atoms with E-state index in [1.54, 1.807) is 17.5 Å². The molecule has 78 valence electrons. The first-order valence-electron chi connectivity index (χ1n) is 4.21. The number of aromatic nitrogens is 1. The van der Waals surface area contributed by atoms with E-state index in [0.717, 1.165) is 0 Å². The average molecular weight is 288 g/mol. The zero-order chi connectivity index (χ0) is 10.8. The van der Waals surface area contributed by atoms with Crippen LogP contribution in [0.2, 0.25) is 0 Å². The van der Waals surface area contributed by atoms with Crippen LogP contribution < -0.4 is 0 Å². The van der Waals surface area contributed by atoms with E-state index in [0.29, 0.717) is 20.7 Å². The predicted molar refractivity (Wildman–Crippen MR) is 61.1 cm³/mol. The van der Waals surface area contributed by atoms with E-state index in [2.05, 4.69) is 20.9 Å². The lowest BCUT2D eigenvalue weighted by Gasteiger charge is -1.98. The minimum absolute atomic E-state index is 0.116. The lowest BCUT2D eigenvalue weighted by molar-refractivity contribution is 0.278. The van der Waals surface area contributed by atoms with E-state index in [9.17, 15) is 4.39 Å². The van der Waals surface area contributed by atoms with Gasteiger partial charge in [-0.05, 0) is 18.2 Å². The van der Waals surface area contributed by atoms with Crippen LogP contribution >= 0.6 is 27.3 Å². The SMILES string of the molecule is OCc1csc(-c2ccc(Br)cc2F)n1. The number of hydrogen-bond donors (Lipinski definition) is 1. The minimum Gasteiger partial charge on any atom is -0.390 e. The third-order valence-electron chi connectivity index (χ3n) is 1.88. The Morgan fingerprint density at radius 2 is 2.27 bits per heavy atom. The molecule has 0 atom stereocenters. The average Bonchev–Trinajstić information content (AvgIpc) is 2.66. The van der Waals surface area contributed by atoms with E-state index >= 15 is 0 Å². The smallest absolute Gasteiger partial charge is 0.134 e. The van der Waals surface area contributed by atoms with Gasteiger partial charge in [-0.2, -0.15) is 0 Å². The number of nitrogens with zero attached hydrogens (tertiary/aromatic N) is 1. The molecule has 0 bridgehead atoms. The highest BCUT2D eigenvalue weighted by atomic mass is 79.9. The number of hydrogen-bond acceptors (Lipinski definition) is 3. The molecule has 1 heterocycles. The van der Waals surface area contributed by atoms with Gasteiger partial charge in [-0.3, -0.25) is 0 Å². The fourth-order valence-corrected chi connectivity index (χ4v) is 2.34. The van der Waals surface area contributed by atoms with Crippen LogP contribution in [0.3, 0.4) is 0 Å². The Labute approximate surface area is 98.5 Å². The lowest BCUT2D eigenvalue weighted by Crippen LogP contribution is -1.86. The van der Waals surface area contributed by atoms with Crippen LogP contribution in [0.25, 0.3) is 10.6 Å². The predicted octanol–water partition coefficient (Wildman–Crippen LogP) is 3.20. The molecule has 2 nitrogen and oxygen atoms in total. The molecule has 1 N–H and O–H groups in total. The molecule has 0 aliphatic rings. The Bertz CT molecular complexity index is 486. The van der Waals surface area contributed by atoms with Crippen LogP contribution in [0.5, 0.6) is 0 Å². The zero-order valence-corrected chi connectivity index (χ0v) is 9.98. The molecule has 0 unspecified atom stereocenters. The van der Waals surface area contributed by atoms with Gasteiger partial charge in [0.25, 0.3) is 0 Å². The third-order valence-corrected chi connectivity index (χ3v) is 3.29. The van der Waals surface area contributed by atoms with Crippen LogP contribution in [-0.4, -0.2) is 10.1 Å². The quantitative estimate of drug-likeness (QED) is 0.920. The molecule has 0 saturated carbocycles. The van der Waals surface area contributed by atoms with Gasteiger partial charge in [-0.15, -0.1) is 11.3 Å². The fraction of sp³-hybridized carbons (Fsp3) is 0.100. The molecular formula is C10H7BrFNOS. The maximum absolute atomic E-state index is 13.5. The summed E-state index contributed by atoms with van der Waals surface area (Å²) in [6.07, 6.45) is 0. The summed E-state index contributed by atoms with van der Waals surface area (Å²) < 4.78 is 14.2. The van der Waals surface area contributed by atoms with Gasteiger partial charge >= 0.3 is 0 Å². The molecular weight excluding hydrogens is 281 g/mol. The van der Waals surface area contributed by atoms with Crippen molar-refractivity contribution in [1.82, 2.24) is 4.98 Å². The molecule has 0 saturated heterocycles. The first-order valence-corrected chi connectivity index (χ1v) is 5.88. The number of aliphatic hydroxyl groups is 1. The van der Waals surface area contributed by atoms with Crippen molar-refractivity contribution < 1.29 is 9.50 Å². The number of halogens is 2. The van der Waals surface area contributed by atoms with Gasteiger partial charge in [0.1, 0.15) is 10.8 Å². The van der Waals surface area contributed by atoms with Crippen molar-refractivity contribution in [3.63, 3.8) is 0 Å². The van der Waals surface area contributed by atoms with Crippen molar-refractivity contribution in [2.24, 2.45) is 0 Å². The summed E-state index contributed by atoms with van der Waals surface area (Å²) in [5.74, 6) is -0.316. The van der Waals surface area contributed by atoms with E-state index in [-0.39, 0.29) is 12.4 Å². The highest BCUT2D eigenvalue weighted by molar-refractivity contribution is 9.10. The largest absolute Gasteiger partial charge is 0.390 e. The molecule has 0 aliphatic carbocycles. The van der Waals surface area contributed by atoms with Gasteiger partial charge in [0.2, 0.25) is 0 Å². The Morgan fingerprint density at radius 3 is 2.87 bits per heavy atom. The van der Waals surface area contributed by atoms with E-state index in [1.165, 1.54) is 17.4 Å². The molecule has 0 spiro atoms. The first-order chi connectivity index (χ1) is 7.20. The summed E-state index contributed by atoms with van der Waals surface area (Å²) in [5.41, 5.74) is 1.03. The molecule has 2 aromatic rings. The van der Waals surface area contributed by atoms with Gasteiger partial charge < -0.3 is 5.11 Å². The maximum atomic E-state index is 13.5. The third kappa shape index (κ3) is 2.25. The summed E-state index contributed by atoms with van der Waals surface area (Å²) in [4.78, 5) is 4.10. The Balaban J connectivity index is 2.44. The topological polar surface area (TPSA) is 33.1 Å². The van der Waals surface area contributed by atoms with Crippen LogP contribution in [-0.2, 0) is 6.61 Å². The molecule has 5 heteroatoms. The maximum Gasteiger partial charge on any atom is 0.134 e. The monoisotopic (exact) mass is 287 g/mol. The molecule has 1 aromatic carbocycles. The van der Waals surface area contributed by atoms with Gasteiger partial charge in [0.15, 0.2) is 0 Å². The number of aliphatic hydroxyl groups excluding tert-OH is 1. The number of thiazole rings is 1. The molecule has 15 heavy (non-hydrogen) atoms. The minimum atomic E-state index is -0.316. The van der Waals surface area contributed by atoms with E-state index in [4.69, 9.17) is 5.11 Å². The van der Waals surface area contributed by atoms with Crippen LogP contribution in [0.1, 0.15) is 5.69 Å². The molecule has 2 rings (SSSR count).